The van der Waals surface area contributed by atoms with Gasteiger partial charge in [-0.2, -0.15) is 5.26 Å². The van der Waals surface area contributed by atoms with E-state index >= 15 is 0 Å². The SMILES string of the molecule is COc1cc([N+](=O)[O-])c2c(c1)C(C)(CC#N)C(=O)N2C. The summed E-state index contributed by atoms with van der Waals surface area (Å²) < 4.78 is 5.06. The Morgan fingerprint density at radius 3 is 2.70 bits per heavy atom. The van der Waals surface area contributed by atoms with Crippen molar-refractivity contribution < 1.29 is 14.5 Å². The molecule has 0 aromatic heterocycles. The first kappa shape index (κ1) is 13.8. The molecule has 0 saturated carbocycles. The van der Waals surface area contributed by atoms with E-state index in [0.29, 0.717) is 11.3 Å². The van der Waals surface area contributed by atoms with Crippen molar-refractivity contribution in [3.05, 3.63) is 27.8 Å². The Bertz CT molecular complexity index is 650. The zero-order valence-electron chi connectivity index (χ0n) is 11.3. The molecule has 1 aliphatic heterocycles. The summed E-state index contributed by atoms with van der Waals surface area (Å²) in [4.78, 5) is 24.2. The van der Waals surface area contributed by atoms with Crippen molar-refractivity contribution in [2.24, 2.45) is 0 Å². The van der Waals surface area contributed by atoms with E-state index in [9.17, 15) is 14.9 Å². The Kier molecular flexibility index (Phi) is 3.10. The molecule has 0 spiro atoms. The molecule has 1 atom stereocenters. The number of amides is 1. The topological polar surface area (TPSA) is 96.5 Å². The van der Waals surface area contributed by atoms with Gasteiger partial charge in [0.1, 0.15) is 11.4 Å². The smallest absolute Gasteiger partial charge is 0.296 e. The maximum absolute atomic E-state index is 12.4. The molecule has 1 unspecified atom stereocenters. The summed E-state index contributed by atoms with van der Waals surface area (Å²) in [6, 6.07) is 4.83. The molecule has 1 heterocycles. The number of nitro groups is 1. The van der Waals surface area contributed by atoms with Crippen LogP contribution in [0, 0.1) is 21.4 Å². The van der Waals surface area contributed by atoms with Gasteiger partial charge in [0, 0.05) is 12.6 Å². The van der Waals surface area contributed by atoms with Crippen LogP contribution in [-0.4, -0.2) is 25.0 Å². The zero-order valence-corrected chi connectivity index (χ0v) is 11.3. The summed E-state index contributed by atoms with van der Waals surface area (Å²) in [5.74, 6) is -0.0342. The number of nitriles is 1. The van der Waals surface area contributed by atoms with Crippen LogP contribution in [0.4, 0.5) is 11.4 Å². The Morgan fingerprint density at radius 2 is 2.20 bits per heavy atom. The van der Waals surface area contributed by atoms with Gasteiger partial charge in [-0.15, -0.1) is 0 Å². The summed E-state index contributed by atoms with van der Waals surface area (Å²) in [7, 11) is 2.87. The predicted molar refractivity (Wildman–Crippen MR) is 70.6 cm³/mol. The monoisotopic (exact) mass is 275 g/mol. The molecule has 7 nitrogen and oxygen atoms in total. The van der Waals surface area contributed by atoms with E-state index in [1.54, 1.807) is 13.0 Å². The van der Waals surface area contributed by atoms with Gasteiger partial charge in [0.2, 0.25) is 5.91 Å². The largest absolute Gasteiger partial charge is 0.496 e. The molecule has 0 fully saturated rings. The lowest BCUT2D eigenvalue weighted by Crippen LogP contribution is -2.35. The van der Waals surface area contributed by atoms with Gasteiger partial charge in [0.25, 0.3) is 5.69 Å². The molecule has 0 saturated heterocycles. The minimum Gasteiger partial charge on any atom is -0.496 e. The fourth-order valence-corrected chi connectivity index (χ4v) is 2.54. The molecule has 0 bridgehead atoms. The fourth-order valence-electron chi connectivity index (χ4n) is 2.54. The van der Waals surface area contributed by atoms with E-state index in [0.717, 1.165) is 0 Å². The Labute approximate surface area is 115 Å². The number of nitrogens with zero attached hydrogens (tertiary/aromatic N) is 3. The molecule has 2 rings (SSSR count). The second-order valence-corrected chi connectivity index (χ2v) is 4.83. The summed E-state index contributed by atoms with van der Waals surface area (Å²) in [5.41, 5.74) is -0.592. The van der Waals surface area contributed by atoms with E-state index in [1.165, 1.54) is 25.1 Å². The fraction of sp³-hybridized carbons (Fsp3) is 0.385. The first-order valence-electron chi connectivity index (χ1n) is 5.89. The van der Waals surface area contributed by atoms with Gasteiger partial charge in [-0.3, -0.25) is 14.9 Å². The van der Waals surface area contributed by atoms with Crippen molar-refractivity contribution in [2.45, 2.75) is 18.8 Å². The van der Waals surface area contributed by atoms with Gasteiger partial charge in [0.15, 0.2) is 0 Å². The lowest BCUT2D eigenvalue weighted by Gasteiger charge is -2.19. The van der Waals surface area contributed by atoms with Crippen molar-refractivity contribution in [3.63, 3.8) is 0 Å². The van der Waals surface area contributed by atoms with E-state index in [4.69, 9.17) is 10.00 Å². The normalized spacial score (nSPS) is 20.5. The van der Waals surface area contributed by atoms with E-state index in [1.807, 2.05) is 6.07 Å². The minimum absolute atomic E-state index is 0.0481. The van der Waals surface area contributed by atoms with Crippen LogP contribution in [0.2, 0.25) is 0 Å². The number of benzene rings is 1. The van der Waals surface area contributed by atoms with Crippen LogP contribution in [0.25, 0.3) is 0 Å². The highest BCUT2D eigenvalue weighted by Gasteiger charge is 2.49. The van der Waals surface area contributed by atoms with E-state index in [-0.39, 0.29) is 23.7 Å². The molecule has 104 valence electrons. The maximum atomic E-state index is 12.4. The Balaban J connectivity index is 2.80. The van der Waals surface area contributed by atoms with E-state index in [2.05, 4.69) is 0 Å². The number of methoxy groups -OCH3 is 1. The first-order valence-corrected chi connectivity index (χ1v) is 5.89. The van der Waals surface area contributed by atoms with Gasteiger partial charge in [-0.25, -0.2) is 0 Å². The lowest BCUT2D eigenvalue weighted by molar-refractivity contribution is -0.384. The third kappa shape index (κ3) is 1.69. The third-order valence-corrected chi connectivity index (χ3v) is 3.63. The second-order valence-electron chi connectivity index (χ2n) is 4.83. The van der Waals surface area contributed by atoms with Crippen LogP contribution in [0.1, 0.15) is 18.9 Å². The highest BCUT2D eigenvalue weighted by Crippen LogP contribution is 2.49. The number of hydrogen-bond donors (Lipinski definition) is 0. The molecule has 1 aliphatic rings. The molecule has 1 amide bonds. The van der Waals surface area contributed by atoms with Crippen molar-refractivity contribution in [1.82, 2.24) is 0 Å². The standard InChI is InChI=1S/C13H13N3O4/c1-13(4-5-14)9-6-8(20-3)7-10(16(18)19)11(9)15(2)12(13)17/h6-7H,4H2,1-3H3. The molecule has 1 aromatic rings. The van der Waals surface area contributed by atoms with Gasteiger partial charge in [-0.05, 0) is 13.0 Å². The molecule has 0 aliphatic carbocycles. The van der Waals surface area contributed by atoms with Gasteiger partial charge in [0.05, 0.1) is 36.0 Å². The van der Waals surface area contributed by atoms with Crippen LogP contribution in [-0.2, 0) is 10.2 Å². The van der Waals surface area contributed by atoms with Crippen LogP contribution in [0.15, 0.2) is 12.1 Å². The van der Waals surface area contributed by atoms with Crippen molar-refractivity contribution in [3.8, 4) is 11.8 Å². The Hall–Kier alpha value is -2.62. The quantitative estimate of drug-likeness (QED) is 0.618. The second kappa shape index (κ2) is 4.49. The maximum Gasteiger partial charge on any atom is 0.296 e. The van der Waals surface area contributed by atoms with Crippen molar-refractivity contribution in [1.29, 1.82) is 5.26 Å². The molecular formula is C13H13N3O4. The number of rotatable bonds is 3. The minimum atomic E-state index is -1.09. The molecule has 0 N–H and O–H groups in total. The zero-order chi connectivity index (χ0) is 15.1. The highest BCUT2D eigenvalue weighted by atomic mass is 16.6. The van der Waals surface area contributed by atoms with Crippen LogP contribution in [0.3, 0.4) is 0 Å². The number of ether oxygens (including phenoxy) is 1. The molecule has 7 heteroatoms. The summed E-state index contributed by atoms with van der Waals surface area (Å²) in [6.07, 6.45) is -0.0481. The average molecular weight is 275 g/mol. The third-order valence-electron chi connectivity index (χ3n) is 3.63. The summed E-state index contributed by atoms with van der Waals surface area (Å²) >= 11 is 0. The van der Waals surface area contributed by atoms with E-state index < -0.39 is 10.3 Å². The Morgan fingerprint density at radius 1 is 1.55 bits per heavy atom. The molecule has 0 radical (unpaired) electrons. The summed E-state index contributed by atoms with van der Waals surface area (Å²) in [5, 5.41) is 20.1. The van der Waals surface area contributed by atoms with Crippen LogP contribution < -0.4 is 9.64 Å². The summed E-state index contributed by atoms with van der Waals surface area (Å²) in [6.45, 7) is 1.62. The predicted octanol–water partition coefficient (Wildman–Crippen LogP) is 1.75. The van der Waals surface area contributed by atoms with Crippen LogP contribution >= 0.6 is 0 Å². The highest BCUT2D eigenvalue weighted by molar-refractivity contribution is 6.10. The van der Waals surface area contributed by atoms with Gasteiger partial charge in [-0.1, -0.05) is 0 Å². The number of carbonyl (C=O) groups excluding carboxylic acids is 1. The number of anilines is 1. The first-order chi connectivity index (χ1) is 9.36. The number of likely N-dealkylation sites (N-methyl/N-ethyl adjacent to an activating group) is 1. The van der Waals surface area contributed by atoms with Gasteiger partial charge >= 0.3 is 0 Å². The number of carbonyl (C=O) groups is 1. The van der Waals surface area contributed by atoms with Crippen molar-refractivity contribution >= 4 is 17.3 Å². The lowest BCUT2D eigenvalue weighted by atomic mass is 9.81. The van der Waals surface area contributed by atoms with Gasteiger partial charge < -0.3 is 9.64 Å². The molecule has 20 heavy (non-hydrogen) atoms. The average Bonchev–Trinajstić information content (AvgIpc) is 2.60. The molecule has 1 aromatic carbocycles. The number of nitro benzene ring substituents is 1. The number of fused-ring (bicyclic) bond motifs is 1. The molecular weight excluding hydrogens is 262 g/mol. The van der Waals surface area contributed by atoms with Crippen LogP contribution in [0.5, 0.6) is 5.75 Å². The number of hydrogen-bond acceptors (Lipinski definition) is 5. The van der Waals surface area contributed by atoms with Crippen molar-refractivity contribution in [2.75, 3.05) is 19.1 Å².